The molecule has 2 amide bonds. The number of rotatable bonds is 18. The fourth-order valence-corrected chi connectivity index (χ4v) is 6.01. The number of amides is 2. The van der Waals surface area contributed by atoms with Crippen LogP contribution in [0, 0.1) is 0 Å². The summed E-state index contributed by atoms with van der Waals surface area (Å²) in [5.41, 5.74) is 13.1. The second kappa shape index (κ2) is 21.2. The van der Waals surface area contributed by atoms with Gasteiger partial charge in [0.25, 0.3) is 22.9 Å². The van der Waals surface area contributed by atoms with Gasteiger partial charge in [-0.1, -0.05) is 0 Å². The van der Waals surface area contributed by atoms with E-state index in [1.54, 1.807) is 24.3 Å². The van der Waals surface area contributed by atoms with E-state index < -0.39 is 53.3 Å². The van der Waals surface area contributed by atoms with Crippen molar-refractivity contribution < 1.29 is 49.2 Å². The number of H-pyrrole nitrogens is 2. The molecule has 6 rings (SSSR count). The molecule has 2 aromatic heterocycles. The lowest BCUT2D eigenvalue weighted by Gasteiger charge is -2.27. The number of aromatic amines is 2. The Labute approximate surface area is 360 Å². The number of hydrogen-bond donors (Lipinski definition) is 15. The summed E-state index contributed by atoms with van der Waals surface area (Å²) in [6.45, 7) is 1.64. The van der Waals surface area contributed by atoms with Crippen LogP contribution >= 0.6 is 0 Å². The number of aromatic nitrogens is 4. The van der Waals surface area contributed by atoms with Crippen molar-refractivity contribution in [3.8, 4) is 0 Å². The minimum Gasteiger partial charge on any atom is -0.481 e. The van der Waals surface area contributed by atoms with Crippen LogP contribution in [0.3, 0.4) is 0 Å². The molecule has 2 aliphatic rings. The monoisotopic (exact) mass is 888 g/mol. The number of hydrogen-bond acceptors (Lipinski definition) is 18. The van der Waals surface area contributed by atoms with Crippen LogP contribution in [-0.4, -0.2) is 126 Å². The molecule has 0 saturated carbocycles. The molecule has 1 unspecified atom stereocenters. The molecular weight excluding hydrogens is 845 g/mol. The van der Waals surface area contributed by atoms with Crippen molar-refractivity contribution in [3.05, 3.63) is 80.4 Å². The number of fused-ring (bicyclic) bond motifs is 2. The molecule has 2 aromatic carbocycles. The maximum absolute atomic E-state index is 12.3. The first-order chi connectivity index (χ1) is 30.4. The summed E-state index contributed by atoms with van der Waals surface area (Å²) in [5.74, 6) is -5.41. The van der Waals surface area contributed by atoms with Crippen LogP contribution in [-0.2, 0) is 19.2 Å². The third-order valence-electron chi connectivity index (χ3n) is 9.29. The average molecular weight is 889 g/mol. The molecule has 26 nitrogen and oxygen atoms in total. The molecule has 0 fully saturated rings. The molecule has 3 atom stereocenters. The normalized spacial score (nSPS) is 14.3. The summed E-state index contributed by atoms with van der Waals surface area (Å²) in [4.78, 5) is 109. The lowest BCUT2D eigenvalue weighted by Crippen LogP contribution is -2.41. The maximum Gasteiger partial charge on any atom is 0.326 e. The van der Waals surface area contributed by atoms with Crippen LogP contribution in [0.4, 0.5) is 46.3 Å². The van der Waals surface area contributed by atoms with Gasteiger partial charge in [-0.3, -0.25) is 38.7 Å². The first-order valence-corrected chi connectivity index (χ1v) is 19.2. The van der Waals surface area contributed by atoms with Crippen molar-refractivity contribution in [2.24, 2.45) is 4.99 Å². The van der Waals surface area contributed by atoms with E-state index in [9.17, 15) is 38.4 Å². The standard InChI is InChI=1S/C19H23N7O6.C19H21N7O6/c2*20-19-25-15-14(17(30)26-19)23-11(8-22-15)7-21-10-3-1-9(2-4-10)16(29)24-12(18(31)32)5-6-13(27)28/h1-4,11-12,21,23H,5-8H2,(H,24,29)(H,27,28)(H,31,32)(H4,20,22,25,26,30);1-4,12,21H,5-8H2,(H,24,29)(H,27,28)(H,31,32)(H4,20,22,25,26,30)/t11?,12-;12-/m00/s1. The second-order valence-corrected chi connectivity index (χ2v) is 14.1. The van der Waals surface area contributed by atoms with E-state index in [2.05, 4.69) is 62.1 Å². The highest BCUT2D eigenvalue weighted by atomic mass is 16.4. The van der Waals surface area contributed by atoms with E-state index in [-0.39, 0.29) is 66.0 Å². The van der Waals surface area contributed by atoms with E-state index in [4.69, 9.17) is 31.9 Å². The van der Waals surface area contributed by atoms with E-state index in [1.807, 2.05) is 0 Å². The summed E-state index contributed by atoms with van der Waals surface area (Å²) in [5, 5.41) is 55.7. The van der Waals surface area contributed by atoms with Crippen LogP contribution in [0.5, 0.6) is 0 Å². The Hall–Kier alpha value is -8.71. The quantitative estimate of drug-likeness (QED) is 0.0611. The van der Waals surface area contributed by atoms with Gasteiger partial charge in [0.1, 0.15) is 17.8 Å². The minimum absolute atomic E-state index is 0.00119. The number of carbonyl (C=O) groups is 6. The lowest BCUT2D eigenvalue weighted by atomic mass is 10.1. The number of carbonyl (C=O) groups excluding carboxylic acids is 2. The van der Waals surface area contributed by atoms with E-state index >= 15 is 0 Å². The molecule has 338 valence electrons. The van der Waals surface area contributed by atoms with Gasteiger partial charge in [-0.15, -0.1) is 0 Å². The average Bonchev–Trinajstić information content (AvgIpc) is 3.25. The lowest BCUT2D eigenvalue weighted by molar-refractivity contribution is -0.142. The summed E-state index contributed by atoms with van der Waals surface area (Å²) in [6, 6.07) is 9.89. The van der Waals surface area contributed by atoms with Crippen molar-refractivity contribution in [1.29, 1.82) is 0 Å². The smallest absolute Gasteiger partial charge is 0.326 e. The number of nitrogens with two attached hydrogens (primary N) is 2. The van der Waals surface area contributed by atoms with Crippen LogP contribution in [0.1, 0.15) is 46.4 Å². The Morgan fingerprint density at radius 2 is 1.19 bits per heavy atom. The molecule has 2 aliphatic heterocycles. The predicted octanol–water partition coefficient (Wildman–Crippen LogP) is -0.272. The number of benzene rings is 2. The molecular formula is C38H44N14O12. The highest BCUT2D eigenvalue weighted by Crippen LogP contribution is 2.22. The Morgan fingerprint density at radius 3 is 1.70 bits per heavy atom. The Kier molecular flexibility index (Phi) is 15.4. The molecule has 64 heavy (non-hydrogen) atoms. The fraction of sp³-hybridized carbons (Fsp3) is 0.289. The third kappa shape index (κ3) is 13.1. The largest absolute Gasteiger partial charge is 0.481 e. The van der Waals surface area contributed by atoms with Gasteiger partial charge in [-0.05, 0) is 61.4 Å². The summed E-state index contributed by atoms with van der Waals surface area (Å²) in [6.07, 6.45) is -1.19. The number of nitrogens with one attached hydrogen (secondary N) is 9. The van der Waals surface area contributed by atoms with Crippen molar-refractivity contribution in [1.82, 2.24) is 30.6 Å². The first kappa shape index (κ1) is 46.4. The third-order valence-corrected chi connectivity index (χ3v) is 9.29. The van der Waals surface area contributed by atoms with Gasteiger partial charge in [-0.2, -0.15) is 9.97 Å². The molecule has 0 spiro atoms. The van der Waals surface area contributed by atoms with Crippen molar-refractivity contribution in [2.75, 3.05) is 64.2 Å². The summed E-state index contributed by atoms with van der Waals surface area (Å²) < 4.78 is 0. The van der Waals surface area contributed by atoms with Gasteiger partial charge in [0.05, 0.1) is 24.8 Å². The number of carboxylic acid groups (broad SMARTS) is 4. The zero-order chi connectivity index (χ0) is 46.5. The molecule has 0 bridgehead atoms. The summed E-state index contributed by atoms with van der Waals surface area (Å²) >= 11 is 0. The molecule has 0 aliphatic carbocycles. The molecule has 26 heteroatoms. The van der Waals surface area contributed by atoms with Crippen LogP contribution in [0.15, 0.2) is 63.1 Å². The van der Waals surface area contributed by atoms with Crippen LogP contribution < -0.4 is 59.8 Å². The van der Waals surface area contributed by atoms with E-state index in [0.717, 1.165) is 0 Å². The molecule has 4 aromatic rings. The van der Waals surface area contributed by atoms with Crippen molar-refractivity contribution in [3.63, 3.8) is 0 Å². The molecule has 4 heterocycles. The zero-order valence-corrected chi connectivity index (χ0v) is 33.6. The fourth-order valence-electron chi connectivity index (χ4n) is 6.01. The molecule has 17 N–H and O–H groups in total. The number of anilines is 7. The zero-order valence-electron chi connectivity index (χ0n) is 33.6. The van der Waals surface area contributed by atoms with Gasteiger partial charge in [0.15, 0.2) is 17.3 Å². The highest BCUT2D eigenvalue weighted by molar-refractivity contribution is 5.99. The molecule has 0 saturated heterocycles. The Bertz CT molecular complexity index is 2540. The summed E-state index contributed by atoms with van der Waals surface area (Å²) in [7, 11) is 0. The number of aliphatic carboxylic acids is 4. The van der Waals surface area contributed by atoms with Crippen molar-refractivity contribution >= 4 is 87.7 Å². The topological polar surface area (TPSA) is 423 Å². The molecule has 0 radical (unpaired) electrons. The maximum atomic E-state index is 12.3. The Morgan fingerprint density at radius 1 is 0.688 bits per heavy atom. The number of nitrogens with zero attached hydrogens (tertiary/aromatic N) is 3. The van der Waals surface area contributed by atoms with Gasteiger partial charge in [0, 0.05) is 48.4 Å². The predicted molar refractivity (Wildman–Crippen MR) is 231 cm³/mol. The van der Waals surface area contributed by atoms with Crippen LogP contribution in [0.2, 0.25) is 0 Å². The van der Waals surface area contributed by atoms with Gasteiger partial charge in [0.2, 0.25) is 11.9 Å². The van der Waals surface area contributed by atoms with Gasteiger partial charge < -0.3 is 69.1 Å². The minimum atomic E-state index is -1.31. The first-order valence-electron chi connectivity index (χ1n) is 19.2. The number of nitrogen functional groups attached to an aromatic ring is 2. The number of carboxylic acids is 4. The van der Waals surface area contributed by atoms with E-state index in [1.165, 1.54) is 24.3 Å². The highest BCUT2D eigenvalue weighted by Gasteiger charge is 2.24. The second-order valence-electron chi connectivity index (χ2n) is 14.1. The number of aliphatic imine (C=N–C) groups is 1. The van der Waals surface area contributed by atoms with Crippen LogP contribution in [0.25, 0.3) is 0 Å². The van der Waals surface area contributed by atoms with Gasteiger partial charge >= 0.3 is 23.9 Å². The SMILES string of the molecule is Nc1nc2c(c(=O)[nH]1)N=C(CNc1ccc(C(=O)N[C@@H](CCC(=O)O)C(=O)O)cc1)CN2.Nc1nc2c(c(=O)[nH]1)NC(CNc1ccc(C(=O)N[C@@H](CCC(=O)O)C(=O)O)cc1)CN2. The van der Waals surface area contributed by atoms with Gasteiger partial charge in [-0.25, -0.2) is 14.6 Å². The Balaban J connectivity index is 0.000000241. The van der Waals surface area contributed by atoms with E-state index in [0.29, 0.717) is 60.6 Å². The van der Waals surface area contributed by atoms with Crippen molar-refractivity contribution in [2.45, 2.75) is 43.8 Å².